The number of hydrogen-bond acceptors (Lipinski definition) is 3. The molecule has 0 aliphatic heterocycles. The highest BCUT2D eigenvalue weighted by molar-refractivity contribution is 8.00. The Kier molecular flexibility index (Phi) is 6.11. The molecule has 0 fully saturated rings. The van der Waals surface area contributed by atoms with E-state index in [0.29, 0.717) is 16.3 Å². The van der Waals surface area contributed by atoms with Gasteiger partial charge in [0.25, 0.3) is 0 Å². The number of hydrogen-bond donors (Lipinski definition) is 2. The van der Waals surface area contributed by atoms with Gasteiger partial charge in [0.15, 0.2) is 0 Å². The lowest BCUT2D eigenvalue weighted by molar-refractivity contribution is -0.119. The Morgan fingerprint density at radius 2 is 1.81 bits per heavy atom. The van der Waals surface area contributed by atoms with E-state index >= 15 is 0 Å². The molecule has 1 amide bonds. The Balaban J connectivity index is 1.77. The van der Waals surface area contributed by atoms with E-state index in [9.17, 15) is 9.90 Å². The number of benzene rings is 2. The molecule has 1 atom stereocenters. The molecule has 0 radical (unpaired) electrons. The maximum absolute atomic E-state index is 11.8. The normalized spacial score (nSPS) is 11.9. The Morgan fingerprint density at radius 1 is 1.14 bits per heavy atom. The van der Waals surface area contributed by atoms with E-state index in [2.05, 4.69) is 5.32 Å². The van der Waals surface area contributed by atoms with Crippen LogP contribution in [0.1, 0.15) is 11.7 Å². The van der Waals surface area contributed by atoms with Gasteiger partial charge in [0, 0.05) is 22.0 Å². The van der Waals surface area contributed by atoms with Gasteiger partial charge in [0.2, 0.25) is 5.91 Å². The maximum atomic E-state index is 11.8. The molecule has 0 aliphatic carbocycles. The zero-order valence-corrected chi connectivity index (χ0v) is 12.9. The number of nitrogens with one attached hydrogen (secondary N) is 1. The summed E-state index contributed by atoms with van der Waals surface area (Å²) in [6.07, 6.45) is -0.802. The molecular formula is C16H16ClNO2S. The number of carbonyl (C=O) groups is 1. The zero-order valence-electron chi connectivity index (χ0n) is 11.3. The highest BCUT2D eigenvalue weighted by Gasteiger charge is 2.12. The topological polar surface area (TPSA) is 49.3 Å². The molecule has 0 aliphatic rings. The largest absolute Gasteiger partial charge is 0.387 e. The van der Waals surface area contributed by atoms with Crippen molar-refractivity contribution in [3.63, 3.8) is 0 Å². The first-order valence-electron chi connectivity index (χ1n) is 6.54. The summed E-state index contributed by atoms with van der Waals surface area (Å²) in [4.78, 5) is 12.8. The van der Waals surface area contributed by atoms with Gasteiger partial charge in [0.1, 0.15) is 0 Å². The molecule has 2 aromatic carbocycles. The van der Waals surface area contributed by atoms with Crippen molar-refractivity contribution in [2.75, 3.05) is 12.3 Å². The molecule has 3 nitrogen and oxygen atoms in total. The van der Waals surface area contributed by atoms with Crippen LogP contribution in [0.2, 0.25) is 5.02 Å². The van der Waals surface area contributed by atoms with Crippen LogP contribution in [0, 0.1) is 0 Å². The summed E-state index contributed by atoms with van der Waals surface area (Å²) < 4.78 is 0. The van der Waals surface area contributed by atoms with Crippen LogP contribution in [-0.4, -0.2) is 23.3 Å². The third-order valence-corrected chi connectivity index (χ3v) is 4.23. The standard InChI is InChI=1S/C16H16ClNO2S/c17-14-9-5-4-8-13(14)15(19)10-18-16(20)11-21-12-6-2-1-3-7-12/h1-9,15,19H,10-11H2,(H,18,20). The minimum absolute atomic E-state index is 0.116. The van der Waals surface area contributed by atoms with Crippen LogP contribution in [0.25, 0.3) is 0 Å². The number of thioether (sulfide) groups is 1. The Bertz CT molecular complexity index is 592. The summed E-state index contributed by atoms with van der Waals surface area (Å²) >= 11 is 7.46. The van der Waals surface area contributed by atoms with Gasteiger partial charge in [-0.25, -0.2) is 0 Å². The lowest BCUT2D eigenvalue weighted by Crippen LogP contribution is -2.29. The molecule has 0 spiro atoms. The van der Waals surface area contributed by atoms with Gasteiger partial charge < -0.3 is 10.4 Å². The summed E-state index contributed by atoms with van der Waals surface area (Å²) in [5, 5.41) is 13.2. The Labute approximate surface area is 133 Å². The molecule has 5 heteroatoms. The van der Waals surface area contributed by atoms with Crippen LogP contribution >= 0.6 is 23.4 Å². The predicted octanol–water partition coefficient (Wildman–Crippen LogP) is 3.28. The second kappa shape index (κ2) is 8.08. The predicted molar refractivity (Wildman–Crippen MR) is 86.6 cm³/mol. The minimum atomic E-state index is -0.802. The fraction of sp³-hybridized carbons (Fsp3) is 0.188. The highest BCUT2D eigenvalue weighted by Crippen LogP contribution is 2.22. The quantitative estimate of drug-likeness (QED) is 0.803. The lowest BCUT2D eigenvalue weighted by Gasteiger charge is -2.13. The number of aliphatic hydroxyl groups is 1. The third kappa shape index (κ3) is 5.08. The molecule has 0 aromatic heterocycles. The molecule has 2 aromatic rings. The zero-order chi connectivity index (χ0) is 15.1. The van der Waals surface area contributed by atoms with Crippen LogP contribution in [-0.2, 0) is 4.79 Å². The van der Waals surface area contributed by atoms with Crippen molar-refractivity contribution in [2.24, 2.45) is 0 Å². The van der Waals surface area contributed by atoms with E-state index in [1.54, 1.807) is 24.3 Å². The fourth-order valence-corrected chi connectivity index (χ4v) is 2.79. The van der Waals surface area contributed by atoms with Gasteiger partial charge in [-0.3, -0.25) is 4.79 Å². The van der Waals surface area contributed by atoms with Gasteiger partial charge >= 0.3 is 0 Å². The average Bonchev–Trinajstić information content (AvgIpc) is 2.52. The van der Waals surface area contributed by atoms with Crippen LogP contribution in [0.5, 0.6) is 0 Å². The van der Waals surface area contributed by atoms with Gasteiger partial charge in [0.05, 0.1) is 11.9 Å². The maximum Gasteiger partial charge on any atom is 0.230 e. The molecule has 0 bridgehead atoms. The molecule has 0 heterocycles. The number of aliphatic hydroxyl groups excluding tert-OH is 1. The van der Waals surface area contributed by atoms with E-state index in [4.69, 9.17) is 11.6 Å². The molecule has 0 saturated heterocycles. The van der Waals surface area contributed by atoms with E-state index in [1.807, 2.05) is 30.3 Å². The molecule has 2 N–H and O–H groups in total. The summed E-state index contributed by atoms with van der Waals surface area (Å²) in [7, 11) is 0. The lowest BCUT2D eigenvalue weighted by atomic mass is 10.1. The SMILES string of the molecule is O=C(CSc1ccccc1)NCC(O)c1ccccc1Cl. The second-order valence-corrected chi connectivity index (χ2v) is 5.90. The first kappa shape index (κ1) is 15.9. The van der Waals surface area contributed by atoms with Crippen LogP contribution in [0.4, 0.5) is 0 Å². The van der Waals surface area contributed by atoms with Gasteiger partial charge in [-0.15, -0.1) is 11.8 Å². The van der Waals surface area contributed by atoms with E-state index in [0.717, 1.165) is 4.90 Å². The van der Waals surface area contributed by atoms with E-state index < -0.39 is 6.10 Å². The number of carbonyl (C=O) groups excluding carboxylic acids is 1. The van der Waals surface area contributed by atoms with Crippen molar-refractivity contribution in [1.82, 2.24) is 5.32 Å². The number of rotatable bonds is 6. The molecular weight excluding hydrogens is 306 g/mol. The first-order chi connectivity index (χ1) is 10.2. The van der Waals surface area contributed by atoms with Gasteiger partial charge in [-0.05, 0) is 18.2 Å². The smallest absolute Gasteiger partial charge is 0.230 e. The molecule has 2 rings (SSSR count). The van der Waals surface area contributed by atoms with Crippen LogP contribution < -0.4 is 5.32 Å². The summed E-state index contributed by atoms with van der Waals surface area (Å²) in [5.74, 6) is 0.203. The highest BCUT2D eigenvalue weighted by atomic mass is 35.5. The van der Waals surface area contributed by atoms with E-state index in [-0.39, 0.29) is 12.5 Å². The first-order valence-corrected chi connectivity index (χ1v) is 7.90. The third-order valence-electron chi connectivity index (χ3n) is 2.87. The summed E-state index contributed by atoms with van der Waals surface area (Å²) in [5.41, 5.74) is 0.621. The molecule has 110 valence electrons. The van der Waals surface area contributed by atoms with Crippen LogP contribution in [0.3, 0.4) is 0 Å². The Hall–Kier alpha value is -1.49. The fourth-order valence-electron chi connectivity index (χ4n) is 1.78. The number of amides is 1. The molecule has 21 heavy (non-hydrogen) atoms. The summed E-state index contributed by atoms with van der Waals surface area (Å²) in [6.45, 7) is 0.151. The number of halogens is 1. The average molecular weight is 322 g/mol. The minimum Gasteiger partial charge on any atom is -0.387 e. The van der Waals surface area contributed by atoms with Gasteiger partial charge in [-0.2, -0.15) is 0 Å². The summed E-state index contributed by atoms with van der Waals surface area (Å²) in [6, 6.07) is 16.8. The van der Waals surface area contributed by atoms with Crippen molar-refractivity contribution < 1.29 is 9.90 Å². The van der Waals surface area contributed by atoms with E-state index in [1.165, 1.54) is 11.8 Å². The van der Waals surface area contributed by atoms with Crippen molar-refractivity contribution in [2.45, 2.75) is 11.0 Å². The van der Waals surface area contributed by atoms with Crippen molar-refractivity contribution in [1.29, 1.82) is 0 Å². The van der Waals surface area contributed by atoms with Crippen molar-refractivity contribution >= 4 is 29.3 Å². The monoisotopic (exact) mass is 321 g/mol. The van der Waals surface area contributed by atoms with Gasteiger partial charge in [-0.1, -0.05) is 48.0 Å². The van der Waals surface area contributed by atoms with Crippen LogP contribution in [0.15, 0.2) is 59.5 Å². The second-order valence-electron chi connectivity index (χ2n) is 4.44. The van der Waals surface area contributed by atoms with Crippen molar-refractivity contribution in [3.05, 3.63) is 65.2 Å². The molecule has 1 unspecified atom stereocenters. The van der Waals surface area contributed by atoms with Crippen molar-refractivity contribution in [3.8, 4) is 0 Å². The Morgan fingerprint density at radius 3 is 2.52 bits per heavy atom. The molecule has 0 saturated carbocycles.